The van der Waals surface area contributed by atoms with Crippen LogP contribution < -0.4 is 14.8 Å². The van der Waals surface area contributed by atoms with Gasteiger partial charge in [-0.1, -0.05) is 11.8 Å². The molecule has 0 aliphatic carbocycles. The van der Waals surface area contributed by atoms with E-state index in [1.54, 1.807) is 13.2 Å². The average molecular weight is 306 g/mol. The standard InChI is InChI=1S/C12H19N3O2S.ClH/c1-16-10-6-11(15-12(14-10)18-2)17-8-9-4-3-5-13-7-9;/h6,9,13H,3-5,7-8H2,1-2H3;1H. The second-order valence-corrected chi connectivity index (χ2v) is 5.03. The number of ether oxygens (including phenoxy) is 2. The van der Waals surface area contributed by atoms with Crippen LogP contribution >= 0.6 is 24.2 Å². The molecule has 0 spiro atoms. The Kier molecular flexibility index (Phi) is 7.27. The second kappa shape index (κ2) is 8.45. The van der Waals surface area contributed by atoms with Crippen LogP contribution in [0.15, 0.2) is 11.2 Å². The van der Waals surface area contributed by atoms with Gasteiger partial charge in [-0.2, -0.15) is 9.97 Å². The number of halogens is 1. The third-order valence-electron chi connectivity index (χ3n) is 2.92. The first-order valence-corrected chi connectivity index (χ1v) is 7.35. The van der Waals surface area contributed by atoms with E-state index in [9.17, 15) is 0 Å². The largest absolute Gasteiger partial charge is 0.481 e. The molecule has 1 fully saturated rings. The molecule has 1 aliphatic heterocycles. The lowest BCUT2D eigenvalue weighted by molar-refractivity contribution is 0.209. The molecule has 1 aromatic heterocycles. The molecule has 0 saturated carbocycles. The van der Waals surface area contributed by atoms with Crippen molar-refractivity contribution in [2.24, 2.45) is 5.92 Å². The Bertz CT molecular complexity index is 367. The van der Waals surface area contributed by atoms with E-state index >= 15 is 0 Å². The van der Waals surface area contributed by atoms with E-state index in [0.717, 1.165) is 13.1 Å². The monoisotopic (exact) mass is 305 g/mol. The van der Waals surface area contributed by atoms with Crippen LogP contribution in [0, 0.1) is 5.92 Å². The number of nitrogens with zero attached hydrogens (tertiary/aromatic N) is 2. The van der Waals surface area contributed by atoms with Gasteiger partial charge in [-0.05, 0) is 25.6 Å². The first-order valence-electron chi connectivity index (χ1n) is 6.12. The fourth-order valence-electron chi connectivity index (χ4n) is 1.92. The highest BCUT2D eigenvalue weighted by atomic mass is 35.5. The maximum absolute atomic E-state index is 5.75. The van der Waals surface area contributed by atoms with Crippen molar-refractivity contribution < 1.29 is 9.47 Å². The molecule has 7 heteroatoms. The van der Waals surface area contributed by atoms with Gasteiger partial charge < -0.3 is 14.8 Å². The number of nitrogens with one attached hydrogen (secondary N) is 1. The zero-order valence-corrected chi connectivity index (χ0v) is 12.9. The maximum atomic E-state index is 5.75. The summed E-state index contributed by atoms with van der Waals surface area (Å²) in [5.41, 5.74) is 0. The highest BCUT2D eigenvalue weighted by molar-refractivity contribution is 7.98. The van der Waals surface area contributed by atoms with Gasteiger partial charge in [0.05, 0.1) is 19.8 Å². The number of thioether (sulfide) groups is 1. The molecular formula is C12H20ClN3O2S. The highest BCUT2D eigenvalue weighted by Gasteiger charge is 2.14. The van der Waals surface area contributed by atoms with Crippen molar-refractivity contribution in [3.05, 3.63) is 6.07 Å². The number of methoxy groups -OCH3 is 1. The first-order chi connectivity index (χ1) is 8.81. The van der Waals surface area contributed by atoms with Crippen LogP contribution in [0.2, 0.25) is 0 Å². The first kappa shape index (κ1) is 16.3. The van der Waals surface area contributed by atoms with Gasteiger partial charge in [-0.25, -0.2) is 0 Å². The number of piperidine rings is 1. The molecule has 1 aliphatic rings. The van der Waals surface area contributed by atoms with Crippen LogP contribution in [0.1, 0.15) is 12.8 Å². The summed E-state index contributed by atoms with van der Waals surface area (Å²) in [7, 11) is 1.60. The summed E-state index contributed by atoms with van der Waals surface area (Å²) < 4.78 is 10.9. The quantitative estimate of drug-likeness (QED) is 0.663. The minimum atomic E-state index is 0. The van der Waals surface area contributed by atoms with Crippen LogP contribution in [-0.4, -0.2) is 43.0 Å². The molecule has 5 nitrogen and oxygen atoms in total. The lowest BCUT2D eigenvalue weighted by Crippen LogP contribution is -2.33. The molecule has 1 atom stereocenters. The Morgan fingerprint density at radius 2 is 2.21 bits per heavy atom. The Labute approximate surface area is 124 Å². The molecule has 1 saturated heterocycles. The van der Waals surface area contributed by atoms with Crippen LogP contribution in [0.25, 0.3) is 0 Å². The van der Waals surface area contributed by atoms with E-state index < -0.39 is 0 Å². The van der Waals surface area contributed by atoms with Crippen molar-refractivity contribution in [2.75, 3.05) is 33.1 Å². The number of rotatable bonds is 5. The molecular weight excluding hydrogens is 286 g/mol. The van der Waals surface area contributed by atoms with E-state index in [2.05, 4.69) is 15.3 Å². The fourth-order valence-corrected chi connectivity index (χ4v) is 2.29. The van der Waals surface area contributed by atoms with Crippen LogP contribution in [0.5, 0.6) is 11.8 Å². The Hall–Kier alpha value is -0.720. The van der Waals surface area contributed by atoms with Gasteiger partial charge in [0.2, 0.25) is 11.8 Å². The van der Waals surface area contributed by atoms with E-state index in [1.807, 2.05) is 6.26 Å². The van der Waals surface area contributed by atoms with E-state index in [-0.39, 0.29) is 12.4 Å². The van der Waals surface area contributed by atoms with Crippen molar-refractivity contribution in [3.63, 3.8) is 0 Å². The minimum Gasteiger partial charge on any atom is -0.481 e. The molecule has 0 radical (unpaired) electrons. The molecule has 1 unspecified atom stereocenters. The molecule has 2 rings (SSSR count). The molecule has 0 bridgehead atoms. The van der Waals surface area contributed by atoms with Crippen molar-refractivity contribution in [1.29, 1.82) is 0 Å². The van der Waals surface area contributed by atoms with Crippen molar-refractivity contribution in [3.8, 4) is 11.8 Å². The van der Waals surface area contributed by atoms with E-state index in [0.29, 0.717) is 29.4 Å². The number of hydrogen-bond donors (Lipinski definition) is 1. The van der Waals surface area contributed by atoms with Crippen molar-refractivity contribution in [1.82, 2.24) is 15.3 Å². The van der Waals surface area contributed by atoms with Crippen molar-refractivity contribution >= 4 is 24.2 Å². The van der Waals surface area contributed by atoms with Crippen LogP contribution in [0.3, 0.4) is 0 Å². The van der Waals surface area contributed by atoms with E-state index in [1.165, 1.54) is 24.6 Å². The van der Waals surface area contributed by atoms with Crippen molar-refractivity contribution in [2.45, 2.75) is 18.0 Å². The second-order valence-electron chi connectivity index (χ2n) is 4.26. The third-order valence-corrected chi connectivity index (χ3v) is 3.46. The summed E-state index contributed by atoms with van der Waals surface area (Å²) in [6.45, 7) is 2.84. The van der Waals surface area contributed by atoms with Gasteiger partial charge in [0.1, 0.15) is 0 Å². The highest BCUT2D eigenvalue weighted by Crippen LogP contribution is 2.21. The summed E-state index contributed by atoms with van der Waals surface area (Å²) in [5.74, 6) is 1.71. The zero-order chi connectivity index (χ0) is 12.8. The average Bonchev–Trinajstić information content (AvgIpc) is 2.45. The molecule has 0 aromatic carbocycles. The lowest BCUT2D eigenvalue weighted by Gasteiger charge is -2.22. The molecule has 1 aromatic rings. The molecule has 2 heterocycles. The molecule has 1 N–H and O–H groups in total. The van der Waals surface area contributed by atoms with Gasteiger partial charge in [-0.15, -0.1) is 12.4 Å². The van der Waals surface area contributed by atoms with Gasteiger partial charge in [0, 0.05) is 12.5 Å². The number of hydrogen-bond acceptors (Lipinski definition) is 6. The fraction of sp³-hybridized carbons (Fsp3) is 0.667. The van der Waals surface area contributed by atoms with Gasteiger partial charge in [-0.3, -0.25) is 0 Å². The zero-order valence-electron chi connectivity index (χ0n) is 11.2. The summed E-state index contributed by atoms with van der Waals surface area (Å²) in [4.78, 5) is 8.52. The topological polar surface area (TPSA) is 56.3 Å². The Morgan fingerprint density at radius 1 is 1.42 bits per heavy atom. The molecule has 0 amide bonds. The number of aromatic nitrogens is 2. The minimum absolute atomic E-state index is 0. The summed E-state index contributed by atoms with van der Waals surface area (Å²) in [5, 5.41) is 4.05. The lowest BCUT2D eigenvalue weighted by atomic mass is 10.0. The molecule has 19 heavy (non-hydrogen) atoms. The SMILES string of the molecule is COc1cc(OCC2CCCNC2)nc(SC)n1.Cl. The predicted molar refractivity (Wildman–Crippen MR) is 78.7 cm³/mol. The van der Waals surface area contributed by atoms with Crippen LogP contribution in [-0.2, 0) is 0 Å². The Morgan fingerprint density at radius 3 is 2.84 bits per heavy atom. The summed E-state index contributed by atoms with van der Waals surface area (Å²) in [6, 6.07) is 1.73. The summed E-state index contributed by atoms with van der Waals surface area (Å²) >= 11 is 1.48. The normalized spacial score (nSPS) is 18.5. The predicted octanol–water partition coefficient (Wildman–Crippen LogP) is 2.01. The van der Waals surface area contributed by atoms with Gasteiger partial charge >= 0.3 is 0 Å². The van der Waals surface area contributed by atoms with E-state index in [4.69, 9.17) is 9.47 Å². The maximum Gasteiger partial charge on any atom is 0.221 e. The van der Waals surface area contributed by atoms with Crippen LogP contribution in [0.4, 0.5) is 0 Å². The smallest absolute Gasteiger partial charge is 0.221 e. The van der Waals surface area contributed by atoms with Gasteiger partial charge in [0.25, 0.3) is 0 Å². The Balaban J connectivity index is 0.00000180. The summed E-state index contributed by atoms with van der Waals surface area (Å²) in [6.07, 6.45) is 4.37. The van der Waals surface area contributed by atoms with Gasteiger partial charge in [0.15, 0.2) is 5.16 Å². The molecule has 108 valence electrons. The third kappa shape index (κ3) is 5.04.